The maximum atomic E-state index is 11.2. The van der Waals surface area contributed by atoms with Crippen molar-refractivity contribution in [3.8, 4) is 0 Å². The molecule has 1 aromatic heterocycles. The van der Waals surface area contributed by atoms with Crippen LogP contribution in [0.5, 0.6) is 0 Å². The first-order valence-corrected chi connectivity index (χ1v) is 5.01. The number of carbonyl (C=O) groups excluding carboxylic acids is 1. The van der Waals surface area contributed by atoms with Gasteiger partial charge in [-0.2, -0.15) is 0 Å². The van der Waals surface area contributed by atoms with Crippen LogP contribution in [0.1, 0.15) is 31.4 Å². The molecule has 0 spiro atoms. The van der Waals surface area contributed by atoms with E-state index in [1.807, 2.05) is 32.9 Å². The number of hydrogen-bond acceptors (Lipinski definition) is 3. The lowest BCUT2D eigenvalue weighted by molar-refractivity contribution is 0.0947. The molecule has 0 bridgehead atoms. The Morgan fingerprint density at radius 3 is 2.53 bits per heavy atom. The fourth-order valence-electron chi connectivity index (χ4n) is 0.765. The van der Waals surface area contributed by atoms with Crippen molar-refractivity contribution in [1.82, 2.24) is 15.3 Å². The third-order valence-corrected chi connectivity index (χ3v) is 1.39. The monoisotopic (exact) mass is 207 g/mol. The zero-order valence-electron chi connectivity index (χ0n) is 9.40. The number of amides is 1. The largest absolute Gasteiger partial charge is 0.346 e. The quantitative estimate of drug-likeness (QED) is 0.769. The predicted octanol–water partition coefficient (Wildman–Crippen LogP) is 1.81. The molecular formula is C11H17N3O. The summed E-state index contributed by atoms with van der Waals surface area (Å²) in [7, 11) is 0. The van der Waals surface area contributed by atoms with Crippen molar-refractivity contribution in [2.24, 2.45) is 0 Å². The maximum absolute atomic E-state index is 11.2. The maximum Gasteiger partial charge on any atom is 0.289 e. The first kappa shape index (κ1) is 13.3. The average Bonchev–Trinajstić information content (AvgIpc) is 2.33. The third kappa shape index (κ3) is 5.57. The van der Waals surface area contributed by atoms with Gasteiger partial charge in [-0.05, 0) is 13.0 Å². The summed E-state index contributed by atoms with van der Waals surface area (Å²) in [5, 5.41) is 2.65. The Bertz CT molecular complexity index is 296. The Kier molecular flexibility index (Phi) is 7.86. The van der Waals surface area contributed by atoms with Crippen LogP contribution in [0, 0.1) is 0 Å². The van der Waals surface area contributed by atoms with E-state index in [4.69, 9.17) is 0 Å². The highest BCUT2D eigenvalue weighted by atomic mass is 16.2. The van der Waals surface area contributed by atoms with E-state index in [9.17, 15) is 4.79 Å². The molecule has 0 aliphatic heterocycles. The highest BCUT2D eigenvalue weighted by molar-refractivity contribution is 5.90. The van der Waals surface area contributed by atoms with Crippen molar-refractivity contribution >= 4 is 5.91 Å². The summed E-state index contributed by atoms with van der Waals surface area (Å²) in [4.78, 5) is 18.9. The topological polar surface area (TPSA) is 54.9 Å². The molecule has 0 saturated heterocycles. The van der Waals surface area contributed by atoms with Gasteiger partial charge in [0, 0.05) is 18.9 Å². The summed E-state index contributed by atoms with van der Waals surface area (Å²) < 4.78 is 0. The molecule has 1 amide bonds. The molecular weight excluding hydrogens is 190 g/mol. The summed E-state index contributed by atoms with van der Waals surface area (Å²) >= 11 is 0. The summed E-state index contributed by atoms with van der Waals surface area (Å²) in [6, 6.07) is 1.67. The molecule has 0 aromatic carbocycles. The predicted molar refractivity (Wildman–Crippen MR) is 60.5 cm³/mol. The van der Waals surface area contributed by atoms with Gasteiger partial charge in [-0.15, -0.1) is 0 Å². The SMILES string of the molecule is C/C=C/CNC(=O)c1ncccn1.CC. The summed E-state index contributed by atoms with van der Waals surface area (Å²) in [5.41, 5.74) is 0. The Hall–Kier alpha value is -1.71. The fourth-order valence-corrected chi connectivity index (χ4v) is 0.765. The summed E-state index contributed by atoms with van der Waals surface area (Å²) in [5.74, 6) is -0.0503. The summed E-state index contributed by atoms with van der Waals surface area (Å²) in [6.07, 6.45) is 6.79. The number of rotatable bonds is 3. The van der Waals surface area contributed by atoms with Crippen LogP contribution in [0.25, 0.3) is 0 Å². The fraction of sp³-hybridized carbons (Fsp3) is 0.364. The van der Waals surface area contributed by atoms with Crippen LogP contribution in [0.2, 0.25) is 0 Å². The lowest BCUT2D eigenvalue weighted by Crippen LogP contribution is -2.25. The lowest BCUT2D eigenvalue weighted by Gasteiger charge is -1.98. The zero-order chi connectivity index (χ0) is 11.5. The van der Waals surface area contributed by atoms with Gasteiger partial charge in [0.25, 0.3) is 5.91 Å². The van der Waals surface area contributed by atoms with Crippen molar-refractivity contribution < 1.29 is 4.79 Å². The van der Waals surface area contributed by atoms with Crippen molar-refractivity contribution in [3.63, 3.8) is 0 Å². The first-order valence-electron chi connectivity index (χ1n) is 5.01. The van der Waals surface area contributed by atoms with E-state index in [1.165, 1.54) is 12.4 Å². The Morgan fingerprint density at radius 2 is 2.00 bits per heavy atom. The second-order valence-electron chi connectivity index (χ2n) is 2.35. The average molecular weight is 207 g/mol. The van der Waals surface area contributed by atoms with Crippen molar-refractivity contribution in [1.29, 1.82) is 0 Å². The minimum absolute atomic E-state index is 0.201. The van der Waals surface area contributed by atoms with Crippen LogP contribution in [-0.4, -0.2) is 22.4 Å². The Morgan fingerprint density at radius 1 is 1.40 bits per heavy atom. The van der Waals surface area contributed by atoms with Gasteiger partial charge in [0.05, 0.1) is 0 Å². The molecule has 0 unspecified atom stereocenters. The third-order valence-electron chi connectivity index (χ3n) is 1.39. The summed E-state index contributed by atoms with van der Waals surface area (Å²) in [6.45, 7) is 6.40. The van der Waals surface area contributed by atoms with Gasteiger partial charge in [-0.1, -0.05) is 26.0 Å². The normalized spacial score (nSPS) is 9.27. The highest BCUT2D eigenvalue weighted by Gasteiger charge is 2.04. The number of nitrogens with one attached hydrogen (secondary N) is 1. The van der Waals surface area contributed by atoms with E-state index in [0.717, 1.165) is 0 Å². The molecule has 0 aliphatic carbocycles. The number of carbonyl (C=O) groups is 1. The van der Waals surface area contributed by atoms with Gasteiger partial charge in [-0.25, -0.2) is 9.97 Å². The van der Waals surface area contributed by atoms with Crippen LogP contribution >= 0.6 is 0 Å². The highest BCUT2D eigenvalue weighted by Crippen LogP contribution is 1.86. The zero-order valence-corrected chi connectivity index (χ0v) is 9.40. The Balaban J connectivity index is 0.000000921. The van der Waals surface area contributed by atoms with Crippen LogP contribution in [0.15, 0.2) is 30.6 Å². The van der Waals surface area contributed by atoms with Gasteiger partial charge in [0.2, 0.25) is 5.82 Å². The molecule has 0 atom stereocenters. The lowest BCUT2D eigenvalue weighted by atomic mass is 10.4. The van der Waals surface area contributed by atoms with E-state index in [-0.39, 0.29) is 11.7 Å². The minimum atomic E-state index is -0.251. The van der Waals surface area contributed by atoms with E-state index in [2.05, 4.69) is 15.3 Å². The van der Waals surface area contributed by atoms with Crippen LogP contribution in [-0.2, 0) is 0 Å². The van der Waals surface area contributed by atoms with Gasteiger partial charge in [0.1, 0.15) is 0 Å². The molecule has 82 valence electrons. The van der Waals surface area contributed by atoms with Crippen LogP contribution < -0.4 is 5.32 Å². The molecule has 0 radical (unpaired) electrons. The number of hydrogen-bond donors (Lipinski definition) is 1. The second-order valence-corrected chi connectivity index (χ2v) is 2.35. The molecule has 4 heteroatoms. The number of nitrogens with zero attached hydrogens (tertiary/aromatic N) is 2. The van der Waals surface area contributed by atoms with Gasteiger partial charge >= 0.3 is 0 Å². The van der Waals surface area contributed by atoms with Crippen LogP contribution in [0.3, 0.4) is 0 Å². The van der Waals surface area contributed by atoms with Crippen molar-refractivity contribution in [3.05, 3.63) is 36.4 Å². The van der Waals surface area contributed by atoms with Gasteiger partial charge in [0.15, 0.2) is 0 Å². The molecule has 1 heterocycles. The van der Waals surface area contributed by atoms with Crippen molar-refractivity contribution in [2.75, 3.05) is 6.54 Å². The van der Waals surface area contributed by atoms with Gasteiger partial charge < -0.3 is 5.32 Å². The van der Waals surface area contributed by atoms with Crippen LogP contribution in [0.4, 0.5) is 0 Å². The second kappa shape index (κ2) is 8.87. The Labute approximate surface area is 90.5 Å². The standard InChI is InChI=1S/C9H11N3O.C2H6/c1-2-3-5-12-9(13)8-10-6-4-7-11-8;1-2/h2-4,6-7H,5H2,1H3,(H,12,13);1-2H3/b3-2+;. The molecule has 1 aromatic rings. The van der Waals surface area contributed by atoms with Crippen molar-refractivity contribution in [2.45, 2.75) is 20.8 Å². The molecule has 0 saturated carbocycles. The number of aromatic nitrogens is 2. The number of allylic oxidation sites excluding steroid dienone is 1. The van der Waals surface area contributed by atoms with E-state index in [1.54, 1.807) is 6.07 Å². The molecule has 1 N–H and O–H groups in total. The minimum Gasteiger partial charge on any atom is -0.346 e. The molecule has 0 fully saturated rings. The van der Waals surface area contributed by atoms with E-state index >= 15 is 0 Å². The van der Waals surface area contributed by atoms with Gasteiger partial charge in [-0.3, -0.25) is 4.79 Å². The molecule has 0 aliphatic rings. The smallest absolute Gasteiger partial charge is 0.289 e. The molecule has 4 nitrogen and oxygen atoms in total. The van der Waals surface area contributed by atoms with E-state index in [0.29, 0.717) is 6.54 Å². The molecule has 15 heavy (non-hydrogen) atoms. The van der Waals surface area contributed by atoms with E-state index < -0.39 is 0 Å². The molecule has 1 rings (SSSR count). The first-order chi connectivity index (χ1) is 7.34.